The molecule has 0 spiro atoms. The van der Waals surface area contributed by atoms with Crippen LogP contribution in [0, 0.1) is 20.8 Å². The zero-order valence-electron chi connectivity index (χ0n) is 15.9. The molecule has 0 fully saturated rings. The number of nitrogens with zero attached hydrogens (tertiary/aromatic N) is 3. The van der Waals surface area contributed by atoms with E-state index in [4.69, 9.17) is 4.42 Å². The molecular formula is C21H20N4O2S. The second kappa shape index (κ2) is 7.44. The van der Waals surface area contributed by atoms with Crippen molar-refractivity contribution in [2.45, 2.75) is 27.3 Å². The van der Waals surface area contributed by atoms with Crippen molar-refractivity contribution in [3.63, 3.8) is 0 Å². The van der Waals surface area contributed by atoms with Crippen LogP contribution in [0.4, 0.5) is 5.69 Å². The lowest BCUT2D eigenvalue weighted by atomic mass is 10.2. The van der Waals surface area contributed by atoms with Crippen molar-refractivity contribution in [3.05, 3.63) is 64.8 Å². The van der Waals surface area contributed by atoms with Crippen molar-refractivity contribution in [2.75, 3.05) is 5.32 Å². The summed E-state index contributed by atoms with van der Waals surface area (Å²) in [6.07, 6.45) is 0. The maximum atomic E-state index is 12.5. The summed E-state index contributed by atoms with van der Waals surface area (Å²) in [6.45, 7) is 6.15. The second-order valence-electron chi connectivity index (χ2n) is 6.67. The minimum atomic E-state index is -0.0815. The fraction of sp³-hybridized carbons (Fsp3) is 0.190. The largest absolute Gasteiger partial charge is 0.415 e. The first-order chi connectivity index (χ1) is 13.5. The van der Waals surface area contributed by atoms with Gasteiger partial charge in [-0.3, -0.25) is 4.79 Å². The van der Waals surface area contributed by atoms with E-state index in [1.807, 2.05) is 73.2 Å². The first-order valence-electron chi connectivity index (χ1n) is 8.92. The third-order valence-electron chi connectivity index (χ3n) is 4.60. The van der Waals surface area contributed by atoms with E-state index in [1.54, 1.807) is 11.3 Å². The quantitative estimate of drug-likeness (QED) is 0.528. The third kappa shape index (κ3) is 3.61. The average Bonchev–Trinajstić information content (AvgIpc) is 3.40. The van der Waals surface area contributed by atoms with Crippen molar-refractivity contribution in [3.8, 4) is 22.2 Å². The summed E-state index contributed by atoms with van der Waals surface area (Å²) in [7, 11) is 0. The predicted molar refractivity (Wildman–Crippen MR) is 110 cm³/mol. The number of rotatable bonds is 5. The Hall–Kier alpha value is -3.19. The van der Waals surface area contributed by atoms with Gasteiger partial charge in [-0.25, -0.2) is 0 Å². The van der Waals surface area contributed by atoms with Gasteiger partial charge in [-0.05, 0) is 50.4 Å². The van der Waals surface area contributed by atoms with Crippen molar-refractivity contribution in [2.24, 2.45) is 0 Å². The van der Waals surface area contributed by atoms with Gasteiger partial charge in [0.25, 0.3) is 5.89 Å². The summed E-state index contributed by atoms with van der Waals surface area (Å²) in [5.41, 5.74) is 4.66. The number of benzene rings is 1. The van der Waals surface area contributed by atoms with E-state index in [0.717, 1.165) is 33.1 Å². The van der Waals surface area contributed by atoms with Crippen molar-refractivity contribution in [1.29, 1.82) is 0 Å². The molecule has 3 heterocycles. The number of hydrogen-bond donors (Lipinski definition) is 1. The SMILES string of the molecule is Cc1ccc(NC(=O)Cn2c(C)cc(-c3nnc(-c4cccs4)o3)c2C)cc1. The Kier molecular flexibility index (Phi) is 4.83. The summed E-state index contributed by atoms with van der Waals surface area (Å²) < 4.78 is 7.80. The van der Waals surface area contributed by atoms with Crippen LogP contribution in [0.1, 0.15) is 17.0 Å². The molecule has 0 unspecified atom stereocenters. The van der Waals surface area contributed by atoms with E-state index in [9.17, 15) is 4.79 Å². The van der Waals surface area contributed by atoms with Gasteiger partial charge in [0, 0.05) is 17.1 Å². The lowest BCUT2D eigenvalue weighted by Gasteiger charge is -2.10. The molecule has 1 aromatic carbocycles. The molecule has 3 aromatic heterocycles. The number of anilines is 1. The fourth-order valence-corrected chi connectivity index (χ4v) is 3.72. The van der Waals surface area contributed by atoms with Gasteiger partial charge in [0.2, 0.25) is 11.8 Å². The normalized spacial score (nSPS) is 11.0. The van der Waals surface area contributed by atoms with Crippen LogP contribution in [-0.2, 0) is 11.3 Å². The molecule has 0 saturated carbocycles. The van der Waals surface area contributed by atoms with Gasteiger partial charge in [0.1, 0.15) is 6.54 Å². The smallest absolute Gasteiger partial charge is 0.258 e. The van der Waals surface area contributed by atoms with Crippen LogP contribution in [0.25, 0.3) is 22.2 Å². The highest BCUT2D eigenvalue weighted by Gasteiger charge is 2.18. The molecule has 4 aromatic rings. The standard InChI is InChI=1S/C21H20N4O2S/c1-13-6-8-16(9-7-13)22-19(26)12-25-14(2)11-17(15(25)3)20-23-24-21(27-20)18-5-4-10-28-18/h4-11H,12H2,1-3H3,(H,22,26). The summed E-state index contributed by atoms with van der Waals surface area (Å²) >= 11 is 1.55. The Morgan fingerprint density at radius 3 is 2.57 bits per heavy atom. The monoisotopic (exact) mass is 392 g/mol. The number of carbonyl (C=O) groups is 1. The average molecular weight is 392 g/mol. The van der Waals surface area contributed by atoms with E-state index in [2.05, 4.69) is 15.5 Å². The van der Waals surface area contributed by atoms with Crippen LogP contribution in [0.3, 0.4) is 0 Å². The summed E-state index contributed by atoms with van der Waals surface area (Å²) in [6, 6.07) is 13.6. The molecule has 7 heteroatoms. The number of carbonyl (C=O) groups excluding carboxylic acids is 1. The maximum absolute atomic E-state index is 12.5. The molecule has 0 atom stereocenters. The van der Waals surface area contributed by atoms with Crippen LogP contribution in [0.15, 0.2) is 52.3 Å². The summed E-state index contributed by atoms with van der Waals surface area (Å²) in [5, 5.41) is 13.2. The van der Waals surface area contributed by atoms with E-state index < -0.39 is 0 Å². The summed E-state index contributed by atoms with van der Waals surface area (Å²) in [4.78, 5) is 13.4. The zero-order chi connectivity index (χ0) is 19.7. The van der Waals surface area contributed by atoms with Crippen LogP contribution >= 0.6 is 11.3 Å². The zero-order valence-corrected chi connectivity index (χ0v) is 16.7. The van der Waals surface area contributed by atoms with Gasteiger partial charge in [-0.1, -0.05) is 23.8 Å². The molecule has 0 bridgehead atoms. The molecule has 0 aliphatic rings. The van der Waals surface area contributed by atoms with Crippen molar-refractivity contribution >= 4 is 22.9 Å². The maximum Gasteiger partial charge on any atom is 0.258 e. The highest BCUT2D eigenvalue weighted by atomic mass is 32.1. The highest BCUT2D eigenvalue weighted by molar-refractivity contribution is 7.13. The first-order valence-corrected chi connectivity index (χ1v) is 9.80. The molecule has 4 rings (SSSR count). The van der Waals surface area contributed by atoms with E-state index in [-0.39, 0.29) is 12.5 Å². The van der Waals surface area contributed by atoms with Gasteiger partial charge < -0.3 is 14.3 Å². The topological polar surface area (TPSA) is 73.0 Å². The number of nitrogens with one attached hydrogen (secondary N) is 1. The highest BCUT2D eigenvalue weighted by Crippen LogP contribution is 2.30. The molecule has 0 saturated heterocycles. The predicted octanol–water partition coefficient (Wildman–Crippen LogP) is 4.83. The van der Waals surface area contributed by atoms with Gasteiger partial charge in [0.05, 0.1) is 10.4 Å². The minimum Gasteiger partial charge on any atom is -0.415 e. The fourth-order valence-electron chi connectivity index (χ4n) is 3.07. The number of amides is 1. The number of thiophene rings is 1. The van der Waals surface area contributed by atoms with Gasteiger partial charge in [-0.15, -0.1) is 21.5 Å². The van der Waals surface area contributed by atoms with E-state index in [1.165, 1.54) is 0 Å². The molecular weight excluding hydrogens is 372 g/mol. The number of aromatic nitrogens is 3. The molecule has 0 aliphatic carbocycles. The van der Waals surface area contributed by atoms with Crippen LogP contribution in [-0.4, -0.2) is 20.7 Å². The molecule has 142 valence electrons. The lowest BCUT2D eigenvalue weighted by Crippen LogP contribution is -2.20. The second-order valence-corrected chi connectivity index (χ2v) is 7.62. The molecule has 28 heavy (non-hydrogen) atoms. The number of aryl methyl sites for hydroxylation is 2. The van der Waals surface area contributed by atoms with Crippen LogP contribution in [0.5, 0.6) is 0 Å². The Balaban J connectivity index is 1.54. The molecule has 1 N–H and O–H groups in total. The molecule has 0 radical (unpaired) electrons. The Bertz CT molecular complexity index is 1110. The third-order valence-corrected chi connectivity index (χ3v) is 5.46. The Morgan fingerprint density at radius 1 is 1.11 bits per heavy atom. The van der Waals surface area contributed by atoms with Crippen LogP contribution < -0.4 is 5.32 Å². The van der Waals surface area contributed by atoms with Crippen LogP contribution in [0.2, 0.25) is 0 Å². The lowest BCUT2D eigenvalue weighted by molar-refractivity contribution is -0.116. The molecule has 0 aliphatic heterocycles. The Labute approximate surface area is 166 Å². The van der Waals surface area contributed by atoms with Gasteiger partial charge in [0.15, 0.2) is 0 Å². The summed E-state index contributed by atoms with van der Waals surface area (Å²) in [5.74, 6) is 0.885. The van der Waals surface area contributed by atoms with Crippen molar-refractivity contribution < 1.29 is 9.21 Å². The first kappa shape index (κ1) is 18.2. The van der Waals surface area contributed by atoms with Gasteiger partial charge in [-0.2, -0.15) is 0 Å². The number of hydrogen-bond acceptors (Lipinski definition) is 5. The van der Waals surface area contributed by atoms with Gasteiger partial charge >= 0.3 is 0 Å². The minimum absolute atomic E-state index is 0.0815. The molecule has 1 amide bonds. The van der Waals surface area contributed by atoms with Crippen molar-refractivity contribution in [1.82, 2.24) is 14.8 Å². The molecule has 6 nitrogen and oxygen atoms in total. The Morgan fingerprint density at radius 2 is 1.86 bits per heavy atom. The van der Waals surface area contributed by atoms with E-state index >= 15 is 0 Å². The van der Waals surface area contributed by atoms with E-state index in [0.29, 0.717) is 11.8 Å².